The fraction of sp³-hybridized carbons (Fsp3) is 0.190. The number of alkyl halides is 3. The molecule has 0 radical (unpaired) electrons. The van der Waals surface area contributed by atoms with Gasteiger partial charge in [0, 0.05) is 18.3 Å². The first-order chi connectivity index (χ1) is 14.7. The molecule has 1 aromatic carbocycles. The number of hydrogen-bond acceptors (Lipinski definition) is 5. The van der Waals surface area contributed by atoms with E-state index in [1.54, 1.807) is 37.3 Å². The van der Waals surface area contributed by atoms with E-state index in [1.807, 2.05) is 0 Å². The van der Waals surface area contributed by atoms with Crippen molar-refractivity contribution in [2.45, 2.75) is 13.1 Å². The number of anilines is 1. The number of carbonyl (C=O) groups is 1. The van der Waals surface area contributed by atoms with Crippen molar-refractivity contribution in [1.82, 2.24) is 14.8 Å². The van der Waals surface area contributed by atoms with Crippen LogP contribution in [0.5, 0.6) is 11.5 Å². The maximum Gasteiger partial charge on any atom is 0.417 e. The highest BCUT2D eigenvalue weighted by molar-refractivity contribution is 6.01. The quantitative estimate of drug-likeness (QED) is 0.589. The number of hydrogen-bond donors (Lipinski definition) is 1. The molecule has 0 spiro atoms. The summed E-state index contributed by atoms with van der Waals surface area (Å²) in [5, 5.41) is 6.84. The van der Waals surface area contributed by atoms with E-state index in [0.717, 1.165) is 12.3 Å². The molecule has 10 heteroatoms. The van der Waals surface area contributed by atoms with Crippen LogP contribution < -0.4 is 14.8 Å². The Morgan fingerprint density at radius 3 is 2.45 bits per heavy atom. The summed E-state index contributed by atoms with van der Waals surface area (Å²) in [6.45, 7) is 1.69. The molecular weight excluding hydrogens is 413 g/mol. The fourth-order valence-corrected chi connectivity index (χ4v) is 2.74. The molecule has 0 fully saturated rings. The van der Waals surface area contributed by atoms with Crippen LogP contribution in [0.2, 0.25) is 0 Å². The molecule has 2 heterocycles. The summed E-state index contributed by atoms with van der Waals surface area (Å²) in [7, 11) is 3.04. The second-order valence-corrected chi connectivity index (χ2v) is 6.42. The molecule has 3 aromatic rings. The zero-order valence-electron chi connectivity index (χ0n) is 16.9. The van der Waals surface area contributed by atoms with Gasteiger partial charge in [-0.3, -0.25) is 4.79 Å². The lowest BCUT2D eigenvalue weighted by molar-refractivity contribution is -0.137. The molecule has 0 unspecified atom stereocenters. The van der Waals surface area contributed by atoms with Crippen LogP contribution in [0.3, 0.4) is 0 Å². The van der Waals surface area contributed by atoms with Gasteiger partial charge in [-0.2, -0.15) is 23.0 Å². The van der Waals surface area contributed by atoms with E-state index in [2.05, 4.69) is 15.4 Å². The van der Waals surface area contributed by atoms with Crippen LogP contribution in [0.15, 0.2) is 48.7 Å². The van der Waals surface area contributed by atoms with Crippen molar-refractivity contribution >= 4 is 17.8 Å². The average Bonchev–Trinajstić information content (AvgIpc) is 3.11. The summed E-state index contributed by atoms with van der Waals surface area (Å²) in [6, 6.07) is 8.85. The minimum Gasteiger partial charge on any atom is -0.493 e. The molecule has 0 saturated heterocycles. The minimum atomic E-state index is -4.49. The number of rotatable bonds is 6. The molecule has 31 heavy (non-hydrogen) atoms. The SMILES string of the molecule is COc1ccc(/C=C/C(=O)Nc2cc(C)nn2-c2ccc(C(F)(F)F)cn2)cc1OC. The number of nitrogens with one attached hydrogen (secondary N) is 1. The zero-order valence-corrected chi connectivity index (χ0v) is 16.9. The van der Waals surface area contributed by atoms with Crippen LogP contribution in [0.4, 0.5) is 19.0 Å². The Morgan fingerprint density at radius 2 is 1.84 bits per heavy atom. The van der Waals surface area contributed by atoms with E-state index >= 15 is 0 Å². The monoisotopic (exact) mass is 432 g/mol. The summed E-state index contributed by atoms with van der Waals surface area (Å²) in [4.78, 5) is 16.2. The number of halogens is 3. The lowest BCUT2D eigenvalue weighted by Crippen LogP contribution is -2.13. The molecule has 2 aromatic heterocycles. The van der Waals surface area contributed by atoms with E-state index in [9.17, 15) is 18.0 Å². The van der Waals surface area contributed by atoms with Crippen molar-refractivity contribution < 1.29 is 27.4 Å². The van der Waals surface area contributed by atoms with Crippen molar-refractivity contribution in [2.75, 3.05) is 19.5 Å². The van der Waals surface area contributed by atoms with Crippen LogP contribution in [0.25, 0.3) is 11.9 Å². The Balaban J connectivity index is 1.78. The van der Waals surface area contributed by atoms with E-state index in [0.29, 0.717) is 22.8 Å². The average molecular weight is 432 g/mol. The number of nitrogens with zero attached hydrogens (tertiary/aromatic N) is 3. The Kier molecular flexibility index (Phi) is 6.28. The fourth-order valence-electron chi connectivity index (χ4n) is 2.74. The number of benzene rings is 1. The van der Waals surface area contributed by atoms with Crippen LogP contribution in [-0.2, 0) is 11.0 Å². The van der Waals surface area contributed by atoms with E-state index in [-0.39, 0.29) is 11.6 Å². The second kappa shape index (κ2) is 8.90. The van der Waals surface area contributed by atoms with Crippen molar-refractivity contribution in [3.05, 3.63) is 65.5 Å². The van der Waals surface area contributed by atoms with Crippen molar-refractivity contribution in [1.29, 1.82) is 0 Å². The van der Waals surface area contributed by atoms with Crippen molar-refractivity contribution in [3.63, 3.8) is 0 Å². The zero-order chi connectivity index (χ0) is 22.6. The van der Waals surface area contributed by atoms with Gasteiger partial charge >= 0.3 is 6.18 Å². The highest BCUT2D eigenvalue weighted by atomic mass is 19.4. The van der Waals surface area contributed by atoms with Gasteiger partial charge in [-0.15, -0.1) is 0 Å². The predicted molar refractivity (Wildman–Crippen MR) is 108 cm³/mol. The normalized spacial score (nSPS) is 11.5. The predicted octanol–water partition coefficient (Wildman–Crippen LogP) is 4.26. The summed E-state index contributed by atoms with van der Waals surface area (Å²) < 4.78 is 49.9. The molecule has 0 aliphatic carbocycles. The van der Waals surface area contributed by atoms with Gasteiger partial charge in [0.15, 0.2) is 17.3 Å². The summed E-state index contributed by atoms with van der Waals surface area (Å²) in [5.41, 5.74) is 0.395. The maximum atomic E-state index is 12.8. The van der Waals surface area contributed by atoms with E-state index in [4.69, 9.17) is 9.47 Å². The number of ether oxygens (including phenoxy) is 2. The maximum absolute atomic E-state index is 12.8. The van der Waals surface area contributed by atoms with Crippen LogP contribution in [0.1, 0.15) is 16.8 Å². The first kappa shape index (κ1) is 21.9. The van der Waals surface area contributed by atoms with Gasteiger partial charge in [0.25, 0.3) is 0 Å². The molecule has 0 atom stereocenters. The highest BCUT2D eigenvalue weighted by Gasteiger charge is 2.30. The summed E-state index contributed by atoms with van der Waals surface area (Å²) >= 11 is 0. The molecule has 162 valence electrons. The topological polar surface area (TPSA) is 78.3 Å². The van der Waals surface area contributed by atoms with E-state index in [1.165, 1.54) is 31.0 Å². The number of amides is 1. The lowest BCUT2D eigenvalue weighted by atomic mass is 10.2. The molecule has 0 aliphatic heterocycles. The lowest BCUT2D eigenvalue weighted by Gasteiger charge is -2.09. The number of aromatic nitrogens is 3. The minimum absolute atomic E-state index is 0.139. The first-order valence-electron chi connectivity index (χ1n) is 9.02. The van der Waals surface area contributed by atoms with Gasteiger partial charge in [0.2, 0.25) is 5.91 Å². The first-order valence-corrected chi connectivity index (χ1v) is 9.02. The van der Waals surface area contributed by atoms with E-state index < -0.39 is 17.6 Å². The smallest absolute Gasteiger partial charge is 0.417 e. The third-order valence-corrected chi connectivity index (χ3v) is 4.21. The molecule has 1 N–H and O–H groups in total. The Morgan fingerprint density at radius 1 is 1.10 bits per heavy atom. The third-order valence-electron chi connectivity index (χ3n) is 4.21. The van der Waals surface area contributed by atoms with Crippen LogP contribution >= 0.6 is 0 Å². The standard InChI is InChI=1S/C21H19F3N4O3/c1-13-10-19(28(27-13)18-8-6-15(12-25-18)21(22,23)24)26-20(29)9-5-14-4-7-16(30-2)17(11-14)31-3/h4-12H,1-3H3,(H,26,29)/b9-5+. The molecule has 7 nitrogen and oxygen atoms in total. The number of pyridine rings is 1. The molecule has 1 amide bonds. The molecule has 0 saturated carbocycles. The Labute approximate surface area is 176 Å². The van der Waals surface area contributed by atoms with Gasteiger partial charge < -0.3 is 14.8 Å². The third kappa shape index (κ3) is 5.21. The number of carbonyl (C=O) groups excluding carboxylic acids is 1. The van der Waals surface area contributed by atoms with Gasteiger partial charge in [0.1, 0.15) is 5.82 Å². The van der Waals surface area contributed by atoms with Crippen LogP contribution in [-0.4, -0.2) is 34.9 Å². The molecule has 0 bridgehead atoms. The Hall–Kier alpha value is -3.82. The summed E-state index contributed by atoms with van der Waals surface area (Å²) in [5.74, 6) is 1.04. The largest absolute Gasteiger partial charge is 0.493 e. The van der Waals surface area contributed by atoms with Crippen LogP contribution in [0, 0.1) is 6.92 Å². The highest BCUT2D eigenvalue weighted by Crippen LogP contribution is 2.29. The second-order valence-electron chi connectivity index (χ2n) is 6.42. The van der Waals surface area contributed by atoms with Crippen molar-refractivity contribution in [2.24, 2.45) is 0 Å². The summed E-state index contributed by atoms with van der Waals surface area (Å²) in [6.07, 6.45) is -0.873. The van der Waals surface area contributed by atoms with Gasteiger partial charge in [0.05, 0.1) is 25.5 Å². The van der Waals surface area contributed by atoms with Crippen molar-refractivity contribution in [3.8, 4) is 17.3 Å². The molecule has 3 rings (SSSR count). The van der Waals surface area contributed by atoms with Gasteiger partial charge in [-0.05, 0) is 42.8 Å². The number of aryl methyl sites for hydroxylation is 1. The Bertz CT molecular complexity index is 1110. The van der Waals surface area contributed by atoms with Gasteiger partial charge in [-0.25, -0.2) is 4.98 Å². The van der Waals surface area contributed by atoms with Gasteiger partial charge in [-0.1, -0.05) is 6.07 Å². The molecular formula is C21H19F3N4O3. The molecule has 0 aliphatic rings. The number of methoxy groups -OCH3 is 2.